The fraction of sp³-hybridized carbons (Fsp3) is 0. The zero-order chi connectivity index (χ0) is 55.2. The fourth-order valence-corrected chi connectivity index (χ4v) is 17.2. The van der Waals surface area contributed by atoms with Crippen LogP contribution in [0.25, 0.3) is 159 Å². The number of benzene rings is 17. The standard InChI is InChI=1S/C80H44N2OS2/c1-2-15-55-54(14-1)62-40-51(81(52-32-39-75-67(42-52)58-17-4-5-20-73(58)84-75)68-36-28-49-24-22-45-10-7-12-47-26-33-60(68)78(49)76(45)47)30-35-56(62)64-44-72-66(43-63(55)64)65-41-53(31-38-71(65)83-72)82(70-19-9-18-59-57-16-3-6-21-74(57)85-80(59)70)69-37-29-50-25-23-46-11-8-13-48-27-34-61(69)79(50)77(46)48/h1-44H. The molecule has 0 bridgehead atoms. The van der Waals surface area contributed by atoms with E-state index in [0.29, 0.717) is 0 Å². The molecule has 0 aliphatic carbocycles. The molecule has 85 heavy (non-hydrogen) atoms. The molecule has 0 aliphatic heterocycles. The lowest BCUT2D eigenvalue weighted by Crippen LogP contribution is -2.10. The summed E-state index contributed by atoms with van der Waals surface area (Å²) in [5.41, 5.74) is 8.47. The van der Waals surface area contributed by atoms with E-state index in [4.69, 9.17) is 4.42 Å². The minimum atomic E-state index is 0.861. The Balaban J connectivity index is 0.803. The number of furan rings is 1. The number of hydrogen-bond donors (Lipinski definition) is 0. The van der Waals surface area contributed by atoms with Crippen molar-refractivity contribution in [2.45, 2.75) is 0 Å². The average Bonchev–Trinajstić information content (AvgIpc) is 3.19. The summed E-state index contributed by atoms with van der Waals surface area (Å²) >= 11 is 3.73. The highest BCUT2D eigenvalue weighted by Crippen LogP contribution is 2.52. The van der Waals surface area contributed by atoms with Gasteiger partial charge in [0.15, 0.2) is 0 Å². The molecule has 20 rings (SSSR count). The summed E-state index contributed by atoms with van der Waals surface area (Å²) in [4.78, 5) is 5.01. The van der Waals surface area contributed by atoms with E-state index in [1.54, 1.807) is 0 Å². The van der Waals surface area contributed by atoms with E-state index in [-0.39, 0.29) is 0 Å². The van der Waals surface area contributed by atoms with Crippen LogP contribution in [-0.4, -0.2) is 0 Å². The Morgan fingerprint density at radius 1 is 0.224 bits per heavy atom. The molecule has 0 spiro atoms. The highest BCUT2D eigenvalue weighted by Gasteiger charge is 2.25. The molecule has 20 aromatic rings. The smallest absolute Gasteiger partial charge is 0.136 e. The lowest BCUT2D eigenvalue weighted by molar-refractivity contribution is 0.669. The van der Waals surface area contributed by atoms with Crippen molar-refractivity contribution in [3.05, 3.63) is 267 Å². The Morgan fingerprint density at radius 3 is 1.34 bits per heavy atom. The Kier molecular flexibility index (Phi) is 9.21. The molecular formula is C80H44N2OS2. The first kappa shape index (κ1) is 46.0. The topological polar surface area (TPSA) is 19.6 Å². The molecule has 17 aromatic carbocycles. The molecule has 3 aromatic heterocycles. The maximum absolute atomic E-state index is 7.03. The Labute approximate surface area is 493 Å². The van der Waals surface area contributed by atoms with Gasteiger partial charge in [-0.15, -0.1) is 22.7 Å². The van der Waals surface area contributed by atoms with Crippen LogP contribution in [0.3, 0.4) is 0 Å². The first-order valence-corrected chi connectivity index (χ1v) is 30.7. The maximum atomic E-state index is 7.03. The van der Waals surface area contributed by atoms with Gasteiger partial charge in [-0.3, -0.25) is 0 Å². The van der Waals surface area contributed by atoms with Crippen molar-refractivity contribution in [2.75, 3.05) is 9.80 Å². The molecule has 0 aliphatic rings. The summed E-state index contributed by atoms with van der Waals surface area (Å²) < 4.78 is 12.2. The van der Waals surface area contributed by atoms with Crippen LogP contribution in [0, 0.1) is 0 Å². The van der Waals surface area contributed by atoms with Gasteiger partial charge >= 0.3 is 0 Å². The second kappa shape index (κ2) is 17.0. The summed E-state index contributed by atoms with van der Waals surface area (Å²) in [6.45, 7) is 0. The molecule has 0 saturated heterocycles. The van der Waals surface area contributed by atoms with Gasteiger partial charge in [0.05, 0.1) is 21.8 Å². The van der Waals surface area contributed by atoms with Crippen LogP contribution in [0.2, 0.25) is 0 Å². The van der Waals surface area contributed by atoms with E-state index in [2.05, 4.69) is 277 Å². The third-order valence-corrected chi connectivity index (χ3v) is 21.0. The number of fused-ring (bicyclic) bond motifs is 15. The van der Waals surface area contributed by atoms with Crippen LogP contribution in [-0.2, 0) is 0 Å². The van der Waals surface area contributed by atoms with Gasteiger partial charge in [-0.2, -0.15) is 0 Å². The van der Waals surface area contributed by atoms with Crippen LogP contribution in [0.4, 0.5) is 34.1 Å². The van der Waals surface area contributed by atoms with Crippen molar-refractivity contribution < 1.29 is 4.42 Å². The molecule has 0 radical (unpaired) electrons. The average molecular weight is 1110 g/mol. The van der Waals surface area contributed by atoms with E-state index >= 15 is 0 Å². The molecular weight excluding hydrogens is 1070 g/mol. The molecule has 3 heterocycles. The lowest BCUT2D eigenvalue weighted by Gasteiger charge is -2.28. The van der Waals surface area contributed by atoms with Gasteiger partial charge < -0.3 is 14.2 Å². The predicted molar refractivity (Wildman–Crippen MR) is 369 cm³/mol. The predicted octanol–water partition coefficient (Wildman–Crippen LogP) is 24.5. The van der Waals surface area contributed by atoms with Crippen LogP contribution in [0.15, 0.2) is 271 Å². The SMILES string of the molecule is c1cc2ccc3ccc(N(c4ccc5sc6ccccc6c5c4)c4ccc5c(c4)c4ccccc4c4cc6c(cc54)oc4ccc(N(c5ccc7ccc8cccc9ccc5c7c89)c5cccc7c5sc5ccccc57)cc46)c4ccc(c1)c2c34. The number of anilines is 6. The summed E-state index contributed by atoms with van der Waals surface area (Å²) in [5.74, 6) is 0. The third-order valence-electron chi connectivity index (χ3n) is 18.6. The third kappa shape index (κ3) is 6.43. The largest absolute Gasteiger partial charge is 0.456 e. The summed E-state index contributed by atoms with van der Waals surface area (Å²) in [6.07, 6.45) is 0. The second-order valence-electron chi connectivity index (χ2n) is 23.0. The number of thiophene rings is 2. The number of hydrogen-bond acceptors (Lipinski definition) is 5. The van der Waals surface area contributed by atoms with E-state index in [9.17, 15) is 0 Å². The van der Waals surface area contributed by atoms with Gasteiger partial charge in [-0.25, -0.2) is 0 Å². The first-order chi connectivity index (χ1) is 42.1. The minimum Gasteiger partial charge on any atom is -0.456 e. The Morgan fingerprint density at radius 2 is 0.659 bits per heavy atom. The quantitative estimate of drug-likeness (QED) is 0.155. The van der Waals surface area contributed by atoms with Gasteiger partial charge in [0.1, 0.15) is 11.2 Å². The van der Waals surface area contributed by atoms with Crippen molar-refractivity contribution in [2.24, 2.45) is 0 Å². The van der Waals surface area contributed by atoms with Crippen LogP contribution in [0.1, 0.15) is 0 Å². The molecule has 0 atom stereocenters. The zero-order valence-electron chi connectivity index (χ0n) is 45.5. The fourth-order valence-electron chi connectivity index (χ4n) is 14.9. The molecule has 0 amide bonds. The van der Waals surface area contributed by atoms with Crippen molar-refractivity contribution in [1.82, 2.24) is 0 Å². The Hall–Kier alpha value is -10.6. The highest BCUT2D eigenvalue weighted by molar-refractivity contribution is 7.26. The molecule has 3 nitrogen and oxygen atoms in total. The van der Waals surface area contributed by atoms with Gasteiger partial charge in [0.25, 0.3) is 0 Å². The van der Waals surface area contributed by atoms with Gasteiger partial charge in [-0.05, 0) is 177 Å². The van der Waals surface area contributed by atoms with Crippen LogP contribution in [0.5, 0.6) is 0 Å². The Bertz CT molecular complexity index is 6230. The second-order valence-corrected chi connectivity index (χ2v) is 25.2. The molecule has 392 valence electrons. The van der Waals surface area contributed by atoms with E-state index in [1.165, 1.54) is 137 Å². The van der Waals surface area contributed by atoms with Crippen molar-refractivity contribution in [1.29, 1.82) is 0 Å². The lowest BCUT2D eigenvalue weighted by atomic mass is 9.92. The normalized spacial score (nSPS) is 12.5. The van der Waals surface area contributed by atoms with Gasteiger partial charge in [-0.1, -0.05) is 176 Å². The van der Waals surface area contributed by atoms with Crippen LogP contribution >= 0.6 is 22.7 Å². The van der Waals surface area contributed by atoms with E-state index < -0.39 is 0 Å². The summed E-state index contributed by atoms with van der Waals surface area (Å²) in [6, 6.07) is 100. The van der Waals surface area contributed by atoms with E-state index in [1.807, 2.05) is 22.7 Å². The number of rotatable bonds is 6. The van der Waals surface area contributed by atoms with E-state index in [0.717, 1.165) is 56.1 Å². The van der Waals surface area contributed by atoms with Crippen molar-refractivity contribution >= 4 is 216 Å². The monoisotopic (exact) mass is 1110 g/mol. The van der Waals surface area contributed by atoms with Gasteiger partial charge in [0, 0.05) is 74.3 Å². The van der Waals surface area contributed by atoms with Crippen LogP contribution < -0.4 is 9.80 Å². The maximum Gasteiger partial charge on any atom is 0.136 e. The number of nitrogens with zero attached hydrogens (tertiary/aromatic N) is 2. The summed E-state index contributed by atoms with van der Waals surface area (Å²) in [5, 5.41) is 29.7. The molecule has 0 fully saturated rings. The highest BCUT2D eigenvalue weighted by atomic mass is 32.1. The van der Waals surface area contributed by atoms with Gasteiger partial charge in [0.2, 0.25) is 0 Å². The molecule has 0 unspecified atom stereocenters. The van der Waals surface area contributed by atoms with Crippen molar-refractivity contribution in [3.8, 4) is 0 Å². The first-order valence-electron chi connectivity index (χ1n) is 29.1. The molecule has 0 saturated carbocycles. The van der Waals surface area contributed by atoms with Crippen molar-refractivity contribution in [3.63, 3.8) is 0 Å². The minimum absolute atomic E-state index is 0.861. The zero-order valence-corrected chi connectivity index (χ0v) is 47.2. The molecule has 0 N–H and O–H groups in total. The summed E-state index contributed by atoms with van der Waals surface area (Å²) in [7, 11) is 0. The molecule has 5 heteroatoms.